The average Bonchev–Trinajstić information content (AvgIpc) is 2.05. The molecule has 1 rings (SSSR count). The quantitative estimate of drug-likeness (QED) is 0.590. The van der Waals surface area contributed by atoms with Gasteiger partial charge in [-0.15, -0.1) is 5.75 Å². The minimum atomic E-state index is 0. The van der Waals surface area contributed by atoms with E-state index in [0.717, 1.165) is 6.42 Å². The number of hydrogen-bond donors (Lipinski definition) is 0. The van der Waals surface area contributed by atoms with Gasteiger partial charge in [0, 0.05) is 0 Å². The monoisotopic (exact) mass is 202 g/mol. The molecule has 0 aromatic heterocycles. The summed E-state index contributed by atoms with van der Waals surface area (Å²) in [5.74, 6) is 0.0886. The Morgan fingerprint density at radius 2 is 1.62 bits per heavy atom. The van der Waals surface area contributed by atoms with Crippen LogP contribution in [0.1, 0.15) is 32.8 Å². The Balaban J connectivity index is 0.00000144. The van der Waals surface area contributed by atoms with Gasteiger partial charge in [-0.2, -0.15) is 0 Å². The fourth-order valence-corrected chi connectivity index (χ4v) is 1.11. The van der Waals surface area contributed by atoms with Crippen molar-refractivity contribution >= 4 is 0 Å². The van der Waals surface area contributed by atoms with E-state index in [0.29, 0.717) is 0 Å². The summed E-state index contributed by atoms with van der Waals surface area (Å²) in [6.07, 6.45) is 1.09. The van der Waals surface area contributed by atoms with Crippen molar-refractivity contribution in [3.8, 4) is 5.75 Å². The second-order valence-electron chi connectivity index (χ2n) is 3.76. The van der Waals surface area contributed by atoms with Crippen LogP contribution in [0.4, 0.5) is 0 Å². The van der Waals surface area contributed by atoms with Crippen molar-refractivity contribution in [3.63, 3.8) is 0 Å². The first-order valence-corrected chi connectivity index (χ1v) is 4.34. The van der Waals surface area contributed by atoms with Crippen molar-refractivity contribution < 1.29 is 56.5 Å². The van der Waals surface area contributed by atoms with Crippen molar-refractivity contribution in [1.82, 2.24) is 0 Å². The fraction of sp³-hybridized carbons (Fsp3) is 0.455. The molecule has 0 bridgehead atoms. The molecule has 0 radical (unpaired) electrons. The number of hydrogen-bond acceptors (Lipinski definition) is 1. The van der Waals surface area contributed by atoms with Gasteiger partial charge in [0.25, 0.3) is 0 Å². The first-order valence-electron chi connectivity index (χ1n) is 4.34. The van der Waals surface area contributed by atoms with Crippen LogP contribution in [0, 0.1) is 0 Å². The van der Waals surface area contributed by atoms with Crippen molar-refractivity contribution in [2.75, 3.05) is 0 Å². The Labute approximate surface area is 123 Å². The summed E-state index contributed by atoms with van der Waals surface area (Å²) >= 11 is 0. The second kappa shape index (κ2) is 5.52. The predicted octanol–water partition coefficient (Wildman–Crippen LogP) is -0.548. The zero-order valence-electron chi connectivity index (χ0n) is 8.92. The summed E-state index contributed by atoms with van der Waals surface area (Å²) in [5.41, 5.74) is 1.43. The molecule has 0 spiro atoms. The first kappa shape index (κ1) is 13.7. The largest absolute Gasteiger partial charge is 1.00 e. The topological polar surface area (TPSA) is 23.1 Å². The van der Waals surface area contributed by atoms with Gasteiger partial charge in [0.1, 0.15) is 0 Å². The van der Waals surface area contributed by atoms with Crippen LogP contribution in [0.15, 0.2) is 24.3 Å². The standard InChI is InChI=1S/C11H16O.K/c1-4-11(2,3)9-5-7-10(12)8-6-9;/h5-8,12H,4H2,1-3H3;/q;+1/p-1. The van der Waals surface area contributed by atoms with Crippen LogP contribution >= 0.6 is 0 Å². The van der Waals surface area contributed by atoms with Crippen molar-refractivity contribution in [3.05, 3.63) is 29.8 Å². The molecule has 0 aliphatic carbocycles. The van der Waals surface area contributed by atoms with E-state index in [-0.39, 0.29) is 62.5 Å². The Bertz CT molecular complexity index is 251. The maximum Gasteiger partial charge on any atom is 1.00 e. The molecule has 13 heavy (non-hydrogen) atoms. The SMILES string of the molecule is CCC(C)(C)c1ccc([O-])cc1.[K+]. The molecule has 0 aliphatic heterocycles. The summed E-state index contributed by atoms with van der Waals surface area (Å²) in [6.45, 7) is 6.53. The molecule has 0 N–H and O–H groups in total. The molecule has 0 amide bonds. The van der Waals surface area contributed by atoms with Gasteiger partial charge in [-0.3, -0.25) is 0 Å². The van der Waals surface area contributed by atoms with Gasteiger partial charge in [0.05, 0.1) is 0 Å². The minimum absolute atomic E-state index is 0. The van der Waals surface area contributed by atoms with E-state index in [2.05, 4.69) is 20.8 Å². The molecule has 66 valence electrons. The van der Waals surface area contributed by atoms with Crippen LogP contribution < -0.4 is 56.5 Å². The third-order valence-corrected chi connectivity index (χ3v) is 2.52. The molecule has 1 aromatic carbocycles. The van der Waals surface area contributed by atoms with Crippen LogP contribution in [0.3, 0.4) is 0 Å². The molecular formula is C11H15KO. The van der Waals surface area contributed by atoms with Crippen LogP contribution in [-0.2, 0) is 5.41 Å². The molecule has 2 heteroatoms. The Morgan fingerprint density at radius 1 is 1.15 bits per heavy atom. The Morgan fingerprint density at radius 3 is 2.00 bits per heavy atom. The summed E-state index contributed by atoms with van der Waals surface area (Å²) in [7, 11) is 0. The normalized spacial score (nSPS) is 10.7. The summed E-state index contributed by atoms with van der Waals surface area (Å²) < 4.78 is 0. The maximum absolute atomic E-state index is 10.8. The van der Waals surface area contributed by atoms with Gasteiger partial charge in [-0.05, 0) is 17.4 Å². The van der Waals surface area contributed by atoms with Gasteiger partial charge >= 0.3 is 51.4 Å². The van der Waals surface area contributed by atoms with Gasteiger partial charge in [-0.25, -0.2) is 0 Å². The molecule has 0 fully saturated rings. The van der Waals surface area contributed by atoms with E-state index in [1.807, 2.05) is 12.1 Å². The van der Waals surface area contributed by atoms with Gasteiger partial charge in [0.15, 0.2) is 0 Å². The average molecular weight is 202 g/mol. The summed E-state index contributed by atoms with van der Waals surface area (Å²) in [5, 5.41) is 10.8. The second-order valence-corrected chi connectivity index (χ2v) is 3.76. The Kier molecular flexibility index (Phi) is 5.79. The van der Waals surface area contributed by atoms with E-state index >= 15 is 0 Å². The zero-order valence-corrected chi connectivity index (χ0v) is 12.0. The predicted molar refractivity (Wildman–Crippen MR) is 49.2 cm³/mol. The van der Waals surface area contributed by atoms with Crippen LogP contribution in [-0.4, -0.2) is 0 Å². The molecule has 0 saturated heterocycles. The first-order chi connectivity index (χ1) is 5.56. The Hall–Kier alpha value is 0.656. The molecule has 0 unspecified atom stereocenters. The summed E-state index contributed by atoms with van der Waals surface area (Å²) in [4.78, 5) is 0. The molecule has 1 nitrogen and oxygen atoms in total. The summed E-state index contributed by atoms with van der Waals surface area (Å²) in [6, 6.07) is 7.11. The van der Waals surface area contributed by atoms with E-state index in [1.165, 1.54) is 5.56 Å². The molecule has 1 aromatic rings. The van der Waals surface area contributed by atoms with Crippen molar-refractivity contribution in [2.24, 2.45) is 0 Å². The van der Waals surface area contributed by atoms with E-state index in [1.54, 1.807) is 12.1 Å². The molecule has 0 heterocycles. The van der Waals surface area contributed by atoms with Crippen LogP contribution in [0.25, 0.3) is 0 Å². The van der Waals surface area contributed by atoms with E-state index in [9.17, 15) is 5.11 Å². The van der Waals surface area contributed by atoms with Crippen LogP contribution in [0.5, 0.6) is 5.75 Å². The van der Waals surface area contributed by atoms with E-state index < -0.39 is 0 Å². The maximum atomic E-state index is 10.8. The van der Waals surface area contributed by atoms with E-state index in [4.69, 9.17) is 0 Å². The third kappa shape index (κ3) is 3.72. The zero-order chi connectivity index (χ0) is 9.19. The number of benzene rings is 1. The molecule has 0 aliphatic rings. The number of rotatable bonds is 2. The molecule has 0 saturated carbocycles. The van der Waals surface area contributed by atoms with Gasteiger partial charge < -0.3 is 5.11 Å². The molecule has 0 atom stereocenters. The van der Waals surface area contributed by atoms with Crippen LogP contribution in [0.2, 0.25) is 0 Å². The fourth-order valence-electron chi connectivity index (χ4n) is 1.11. The molecular weight excluding hydrogens is 187 g/mol. The van der Waals surface area contributed by atoms with Crippen molar-refractivity contribution in [1.29, 1.82) is 0 Å². The minimum Gasteiger partial charge on any atom is -0.872 e. The smallest absolute Gasteiger partial charge is 0.872 e. The van der Waals surface area contributed by atoms with Gasteiger partial charge in [-0.1, -0.05) is 45.0 Å². The third-order valence-electron chi connectivity index (χ3n) is 2.52. The van der Waals surface area contributed by atoms with Gasteiger partial charge in [0.2, 0.25) is 0 Å². The van der Waals surface area contributed by atoms with Crippen molar-refractivity contribution in [2.45, 2.75) is 32.6 Å².